The molecule has 28 heavy (non-hydrogen) atoms. The summed E-state index contributed by atoms with van der Waals surface area (Å²) >= 11 is 0. The number of rotatable bonds is 7. The molecule has 5 heteroatoms. The summed E-state index contributed by atoms with van der Waals surface area (Å²) in [7, 11) is 3.83. The molecule has 1 N–H and O–H groups in total. The first-order chi connectivity index (χ1) is 13.5. The number of carbonyl (C=O) groups excluding carboxylic acids is 2. The number of aliphatic hydroxyl groups excluding tert-OH is 1. The van der Waals surface area contributed by atoms with Gasteiger partial charge in [-0.15, -0.1) is 0 Å². The zero-order chi connectivity index (χ0) is 20.1. The average molecular weight is 376 g/mol. The molecule has 144 valence electrons. The first-order valence-corrected chi connectivity index (χ1v) is 9.20. The van der Waals surface area contributed by atoms with Crippen LogP contribution in [0.1, 0.15) is 17.2 Å². The van der Waals surface area contributed by atoms with Gasteiger partial charge < -0.3 is 14.9 Å². The maximum Gasteiger partial charge on any atom is 0.290 e. The van der Waals surface area contributed by atoms with E-state index in [9.17, 15) is 14.7 Å². The van der Waals surface area contributed by atoms with E-state index in [4.69, 9.17) is 0 Å². The van der Waals surface area contributed by atoms with Gasteiger partial charge in [-0.2, -0.15) is 0 Å². The lowest BCUT2D eigenvalue weighted by atomic mass is 9.95. The van der Waals surface area contributed by atoms with Crippen molar-refractivity contribution in [3.63, 3.8) is 0 Å². The van der Waals surface area contributed by atoms with E-state index in [1.54, 1.807) is 11.0 Å². The molecular weight excluding hydrogens is 352 g/mol. The monoisotopic (exact) mass is 376 g/mol. The smallest absolute Gasteiger partial charge is 0.290 e. The minimum Gasteiger partial charge on any atom is -0.503 e. The highest BCUT2D eigenvalue weighted by atomic mass is 16.3. The van der Waals surface area contributed by atoms with Gasteiger partial charge in [-0.3, -0.25) is 9.59 Å². The summed E-state index contributed by atoms with van der Waals surface area (Å²) in [6, 6.07) is 18.2. The fourth-order valence-corrected chi connectivity index (χ4v) is 3.25. The van der Waals surface area contributed by atoms with Crippen LogP contribution in [0.2, 0.25) is 0 Å². The molecule has 0 radical (unpaired) electrons. The quantitative estimate of drug-likeness (QED) is 0.754. The van der Waals surface area contributed by atoms with E-state index >= 15 is 0 Å². The Labute approximate surface area is 165 Å². The Morgan fingerprint density at radius 1 is 1.07 bits per heavy atom. The van der Waals surface area contributed by atoms with Crippen molar-refractivity contribution in [2.75, 3.05) is 27.2 Å². The van der Waals surface area contributed by atoms with E-state index in [2.05, 4.69) is 0 Å². The van der Waals surface area contributed by atoms with Crippen molar-refractivity contribution in [2.24, 2.45) is 0 Å². The highest BCUT2D eigenvalue weighted by Gasteiger charge is 2.42. The number of ketones is 1. The zero-order valence-electron chi connectivity index (χ0n) is 16.1. The standard InChI is InChI=1S/C23H24N2O3/c1-24(2)15-16-25-21(18-11-7-4-8-12-18)20(22(27)23(25)28)19(26)14-13-17-9-5-3-6-10-17/h3-14,21,27H,15-16H2,1-2H3. The predicted octanol–water partition coefficient (Wildman–Crippen LogP) is 3.23. The Hall–Kier alpha value is -3.18. The lowest BCUT2D eigenvalue weighted by Crippen LogP contribution is -2.36. The first-order valence-electron chi connectivity index (χ1n) is 9.20. The third-order valence-corrected chi connectivity index (χ3v) is 4.70. The number of likely N-dealkylation sites (N-methyl/N-ethyl adjacent to an activating group) is 1. The Morgan fingerprint density at radius 3 is 2.29 bits per heavy atom. The maximum absolute atomic E-state index is 12.9. The van der Waals surface area contributed by atoms with Crippen LogP contribution in [0.3, 0.4) is 0 Å². The summed E-state index contributed by atoms with van der Waals surface area (Å²) in [4.78, 5) is 29.2. The highest BCUT2D eigenvalue weighted by molar-refractivity contribution is 6.14. The van der Waals surface area contributed by atoms with E-state index in [-0.39, 0.29) is 11.4 Å². The molecule has 0 saturated carbocycles. The van der Waals surface area contributed by atoms with Gasteiger partial charge in [-0.25, -0.2) is 0 Å². The Balaban J connectivity index is 1.95. The Kier molecular flexibility index (Phi) is 6.06. The maximum atomic E-state index is 12.9. The largest absolute Gasteiger partial charge is 0.503 e. The van der Waals surface area contributed by atoms with Gasteiger partial charge in [0.2, 0.25) is 0 Å². The molecule has 1 aliphatic heterocycles. The summed E-state index contributed by atoms with van der Waals surface area (Å²) in [6.07, 6.45) is 3.11. The fraction of sp³-hybridized carbons (Fsp3) is 0.217. The molecular formula is C23H24N2O3. The Morgan fingerprint density at radius 2 is 1.68 bits per heavy atom. The van der Waals surface area contributed by atoms with Crippen molar-refractivity contribution in [1.82, 2.24) is 9.80 Å². The van der Waals surface area contributed by atoms with Crippen LogP contribution in [-0.2, 0) is 9.59 Å². The highest BCUT2D eigenvalue weighted by Crippen LogP contribution is 2.37. The fourth-order valence-electron chi connectivity index (χ4n) is 3.25. The van der Waals surface area contributed by atoms with Gasteiger partial charge in [0.05, 0.1) is 11.6 Å². The van der Waals surface area contributed by atoms with E-state index in [0.717, 1.165) is 11.1 Å². The van der Waals surface area contributed by atoms with E-state index in [0.29, 0.717) is 13.1 Å². The van der Waals surface area contributed by atoms with Crippen molar-refractivity contribution in [3.05, 3.63) is 89.2 Å². The number of aliphatic hydroxyl groups is 1. The third-order valence-electron chi connectivity index (χ3n) is 4.70. The van der Waals surface area contributed by atoms with Gasteiger partial charge in [0.25, 0.3) is 5.91 Å². The van der Waals surface area contributed by atoms with Gasteiger partial charge in [0.1, 0.15) is 0 Å². The van der Waals surface area contributed by atoms with E-state index in [1.165, 1.54) is 6.08 Å². The van der Waals surface area contributed by atoms with Crippen LogP contribution in [0, 0.1) is 0 Å². The minimum absolute atomic E-state index is 0.127. The molecule has 0 saturated heterocycles. The number of amides is 1. The molecule has 0 fully saturated rings. The molecule has 1 aliphatic rings. The third kappa shape index (κ3) is 4.21. The van der Waals surface area contributed by atoms with Crippen molar-refractivity contribution < 1.29 is 14.7 Å². The SMILES string of the molecule is CN(C)CCN1C(=O)C(O)=C(C(=O)C=Cc2ccccc2)C1c1ccccc1. The normalized spacial score (nSPS) is 17.2. The van der Waals surface area contributed by atoms with Crippen molar-refractivity contribution in [3.8, 4) is 0 Å². The van der Waals surface area contributed by atoms with Crippen LogP contribution in [0.25, 0.3) is 6.08 Å². The number of hydrogen-bond acceptors (Lipinski definition) is 4. The van der Waals surface area contributed by atoms with E-state index < -0.39 is 17.7 Å². The number of nitrogens with zero attached hydrogens (tertiary/aromatic N) is 2. The molecule has 0 bridgehead atoms. The number of hydrogen-bond donors (Lipinski definition) is 1. The number of benzene rings is 2. The van der Waals surface area contributed by atoms with Crippen molar-refractivity contribution in [2.45, 2.75) is 6.04 Å². The average Bonchev–Trinajstić information content (AvgIpc) is 2.96. The second-order valence-electron chi connectivity index (χ2n) is 6.99. The zero-order valence-corrected chi connectivity index (χ0v) is 16.1. The Bertz CT molecular complexity index is 902. The van der Waals surface area contributed by atoms with Gasteiger partial charge in [0.15, 0.2) is 11.5 Å². The van der Waals surface area contributed by atoms with Crippen LogP contribution in [-0.4, -0.2) is 53.8 Å². The van der Waals surface area contributed by atoms with Gasteiger partial charge in [-0.05, 0) is 31.3 Å². The lowest BCUT2D eigenvalue weighted by molar-refractivity contribution is -0.129. The van der Waals surface area contributed by atoms with Crippen molar-refractivity contribution in [1.29, 1.82) is 0 Å². The molecule has 5 nitrogen and oxygen atoms in total. The van der Waals surface area contributed by atoms with Crippen LogP contribution in [0.5, 0.6) is 0 Å². The van der Waals surface area contributed by atoms with Crippen LogP contribution < -0.4 is 0 Å². The summed E-state index contributed by atoms with van der Waals surface area (Å²) in [6.45, 7) is 1.04. The molecule has 0 spiro atoms. The lowest BCUT2D eigenvalue weighted by Gasteiger charge is -2.27. The van der Waals surface area contributed by atoms with Crippen molar-refractivity contribution >= 4 is 17.8 Å². The summed E-state index contributed by atoms with van der Waals surface area (Å²) in [5.41, 5.74) is 1.80. The molecule has 1 heterocycles. The molecule has 3 rings (SSSR count). The molecule has 2 aromatic carbocycles. The predicted molar refractivity (Wildman–Crippen MR) is 110 cm³/mol. The van der Waals surface area contributed by atoms with Gasteiger partial charge in [0, 0.05) is 13.1 Å². The van der Waals surface area contributed by atoms with E-state index in [1.807, 2.05) is 79.7 Å². The van der Waals surface area contributed by atoms with Gasteiger partial charge >= 0.3 is 0 Å². The summed E-state index contributed by atoms with van der Waals surface area (Å²) < 4.78 is 0. The second kappa shape index (κ2) is 8.67. The van der Waals surface area contributed by atoms with Gasteiger partial charge in [-0.1, -0.05) is 66.7 Å². The van der Waals surface area contributed by atoms with Crippen LogP contribution >= 0.6 is 0 Å². The summed E-state index contributed by atoms with van der Waals surface area (Å²) in [5, 5.41) is 10.5. The van der Waals surface area contributed by atoms with Crippen LogP contribution in [0.4, 0.5) is 0 Å². The topological polar surface area (TPSA) is 60.9 Å². The number of allylic oxidation sites excluding steroid dienone is 1. The number of carbonyl (C=O) groups is 2. The first kappa shape index (κ1) is 19.6. The molecule has 0 aliphatic carbocycles. The molecule has 1 amide bonds. The molecule has 1 unspecified atom stereocenters. The molecule has 2 aromatic rings. The molecule has 0 aromatic heterocycles. The summed E-state index contributed by atoms with van der Waals surface area (Å²) in [5.74, 6) is -1.33. The van der Waals surface area contributed by atoms with Crippen LogP contribution in [0.15, 0.2) is 78.1 Å². The second-order valence-corrected chi connectivity index (χ2v) is 6.99. The minimum atomic E-state index is -0.596. The molecule has 1 atom stereocenters.